The highest BCUT2D eigenvalue weighted by Crippen LogP contribution is 2.63. The Morgan fingerprint density at radius 2 is 2.00 bits per heavy atom. The highest BCUT2D eigenvalue weighted by atomic mass is 16.5. The van der Waals surface area contributed by atoms with E-state index in [1.54, 1.807) is 0 Å². The van der Waals surface area contributed by atoms with Gasteiger partial charge in [0.05, 0.1) is 0 Å². The number of hydrogen-bond acceptors (Lipinski definition) is 4. The molecule has 3 saturated carbocycles. The van der Waals surface area contributed by atoms with Crippen LogP contribution in [0.25, 0.3) is 0 Å². The average molecular weight is 399 g/mol. The second kappa shape index (κ2) is 7.52. The summed E-state index contributed by atoms with van der Waals surface area (Å²) in [6, 6.07) is 0. The molecule has 4 aliphatic carbocycles. The molecule has 0 aliphatic heterocycles. The molecule has 0 aromatic rings. The molecular formula is C25H34O4. The first-order valence-electron chi connectivity index (χ1n) is 11.4. The van der Waals surface area contributed by atoms with Crippen molar-refractivity contribution in [1.82, 2.24) is 0 Å². The summed E-state index contributed by atoms with van der Waals surface area (Å²) in [6.45, 7) is 8.37. The summed E-state index contributed by atoms with van der Waals surface area (Å²) < 4.78 is 5.76. The molecule has 0 spiro atoms. The van der Waals surface area contributed by atoms with Gasteiger partial charge in [0.2, 0.25) is 0 Å². The molecule has 3 fully saturated rings. The van der Waals surface area contributed by atoms with Crippen LogP contribution in [0, 0.1) is 35.0 Å². The number of rotatable bonds is 4. The maximum absolute atomic E-state index is 12.9. The van der Waals surface area contributed by atoms with Crippen LogP contribution in [-0.2, 0) is 19.1 Å². The van der Waals surface area contributed by atoms with Gasteiger partial charge in [-0.3, -0.25) is 14.4 Å². The Bertz CT molecular complexity index is 791. The summed E-state index contributed by atoms with van der Waals surface area (Å²) in [7, 11) is 0. The van der Waals surface area contributed by atoms with Crippen LogP contribution < -0.4 is 0 Å². The number of esters is 1. The summed E-state index contributed by atoms with van der Waals surface area (Å²) in [5.41, 5.74) is 2.39. The van der Waals surface area contributed by atoms with E-state index in [2.05, 4.69) is 13.8 Å². The highest BCUT2D eigenvalue weighted by Gasteiger charge is 2.58. The van der Waals surface area contributed by atoms with Crippen molar-refractivity contribution in [3.8, 4) is 0 Å². The zero-order valence-corrected chi connectivity index (χ0v) is 18.2. The lowest BCUT2D eigenvalue weighted by Crippen LogP contribution is -2.49. The zero-order valence-electron chi connectivity index (χ0n) is 18.2. The number of carbonyl (C=O) groups is 3. The smallest absolute Gasteiger partial charge is 0.306 e. The molecule has 4 rings (SSSR count). The van der Waals surface area contributed by atoms with Crippen molar-refractivity contribution in [2.24, 2.45) is 35.0 Å². The van der Waals surface area contributed by atoms with Gasteiger partial charge in [-0.25, -0.2) is 0 Å². The van der Waals surface area contributed by atoms with Crippen molar-refractivity contribution in [2.45, 2.75) is 78.7 Å². The minimum Gasteiger partial charge on any atom is -0.462 e. The molecule has 4 heteroatoms. The van der Waals surface area contributed by atoms with Crippen molar-refractivity contribution in [3.63, 3.8) is 0 Å². The van der Waals surface area contributed by atoms with Crippen molar-refractivity contribution in [1.29, 1.82) is 0 Å². The lowest BCUT2D eigenvalue weighted by Gasteiger charge is -2.55. The Balaban J connectivity index is 1.62. The Morgan fingerprint density at radius 1 is 1.24 bits per heavy atom. The van der Waals surface area contributed by atoms with Gasteiger partial charge in [0.1, 0.15) is 11.9 Å². The molecule has 4 aliphatic rings. The third-order valence-electron chi connectivity index (χ3n) is 8.63. The summed E-state index contributed by atoms with van der Waals surface area (Å²) >= 11 is 0. The largest absolute Gasteiger partial charge is 0.462 e. The van der Waals surface area contributed by atoms with E-state index in [9.17, 15) is 14.4 Å². The molecule has 0 aromatic heterocycles. The van der Waals surface area contributed by atoms with Gasteiger partial charge in [0.25, 0.3) is 0 Å². The molecule has 7 unspecified atom stereocenters. The lowest BCUT2D eigenvalue weighted by molar-refractivity contribution is -0.153. The SMILES string of the molecule is CCCC(=O)OC(C)C1CC(=O)C2CCC3C(CCC4=CC(=O)C=C(C)C43C)C21. The molecule has 0 amide bonds. The molecule has 0 aromatic carbocycles. The highest BCUT2D eigenvalue weighted by molar-refractivity contribution is 6.02. The van der Waals surface area contributed by atoms with Gasteiger partial charge in [-0.2, -0.15) is 0 Å². The summed E-state index contributed by atoms with van der Waals surface area (Å²) in [4.78, 5) is 37.1. The summed E-state index contributed by atoms with van der Waals surface area (Å²) in [5, 5.41) is 0. The predicted octanol–water partition coefficient (Wildman–Crippen LogP) is 4.82. The van der Waals surface area contributed by atoms with Crippen molar-refractivity contribution >= 4 is 17.5 Å². The van der Waals surface area contributed by atoms with Crippen LogP contribution in [-0.4, -0.2) is 23.6 Å². The minimum absolute atomic E-state index is 0.0693. The molecule has 0 bridgehead atoms. The maximum Gasteiger partial charge on any atom is 0.306 e. The molecule has 0 saturated heterocycles. The summed E-state index contributed by atoms with van der Waals surface area (Å²) in [5.74, 6) is 1.81. The topological polar surface area (TPSA) is 60.4 Å². The van der Waals surface area contributed by atoms with Crippen molar-refractivity contribution < 1.29 is 19.1 Å². The molecular weight excluding hydrogens is 364 g/mol. The van der Waals surface area contributed by atoms with Crippen LogP contribution in [0.3, 0.4) is 0 Å². The molecule has 4 nitrogen and oxygen atoms in total. The van der Waals surface area contributed by atoms with E-state index in [1.165, 1.54) is 11.1 Å². The molecule has 29 heavy (non-hydrogen) atoms. The number of fused-ring (bicyclic) bond motifs is 5. The predicted molar refractivity (Wildman–Crippen MR) is 111 cm³/mol. The first kappa shape index (κ1) is 20.6. The standard InChI is InChI=1S/C25H34O4/c1-5-6-23(28)29-15(3)20-13-22(27)19-9-10-21-18(24(19)20)8-7-16-12-17(26)11-14(2)25(16,21)4/h11-12,15,18-21,24H,5-10,13H2,1-4H3. The van der Waals surface area contributed by atoms with Crippen molar-refractivity contribution in [2.75, 3.05) is 0 Å². The Kier molecular flexibility index (Phi) is 5.33. The Labute approximate surface area is 174 Å². The molecule has 0 heterocycles. The van der Waals surface area contributed by atoms with E-state index in [0.717, 1.165) is 32.1 Å². The fourth-order valence-corrected chi connectivity index (χ4v) is 7.16. The minimum atomic E-state index is -0.207. The van der Waals surface area contributed by atoms with Crippen LogP contribution in [0.4, 0.5) is 0 Å². The van der Waals surface area contributed by atoms with E-state index < -0.39 is 0 Å². The molecule has 7 atom stereocenters. The van der Waals surface area contributed by atoms with E-state index in [4.69, 9.17) is 4.74 Å². The number of ether oxygens (including phenoxy) is 1. The molecule has 158 valence electrons. The van der Waals surface area contributed by atoms with E-state index in [0.29, 0.717) is 36.4 Å². The van der Waals surface area contributed by atoms with Gasteiger partial charge in [0, 0.05) is 30.1 Å². The Morgan fingerprint density at radius 3 is 2.72 bits per heavy atom. The summed E-state index contributed by atoms with van der Waals surface area (Å²) in [6.07, 6.45) is 9.18. The zero-order chi connectivity index (χ0) is 20.9. The van der Waals surface area contributed by atoms with E-state index >= 15 is 0 Å². The van der Waals surface area contributed by atoms with Crippen molar-refractivity contribution in [3.05, 3.63) is 23.3 Å². The number of hydrogen-bond donors (Lipinski definition) is 0. The second-order valence-electron chi connectivity index (χ2n) is 9.95. The first-order valence-corrected chi connectivity index (χ1v) is 11.4. The monoisotopic (exact) mass is 398 g/mol. The number of allylic oxidation sites excluding steroid dienone is 4. The fourth-order valence-electron chi connectivity index (χ4n) is 7.16. The number of Topliss-reactive ketones (excluding diaryl/α,β-unsaturated/α-hetero) is 1. The van der Waals surface area contributed by atoms with Crippen LogP contribution in [0.5, 0.6) is 0 Å². The van der Waals surface area contributed by atoms with E-state index in [1.807, 2.05) is 26.0 Å². The van der Waals surface area contributed by atoms with Crippen LogP contribution in [0.1, 0.15) is 72.6 Å². The van der Waals surface area contributed by atoms with Gasteiger partial charge in [0.15, 0.2) is 5.78 Å². The van der Waals surface area contributed by atoms with Crippen LogP contribution >= 0.6 is 0 Å². The first-order chi connectivity index (χ1) is 13.8. The van der Waals surface area contributed by atoms with Crippen LogP contribution in [0.2, 0.25) is 0 Å². The third kappa shape index (κ3) is 3.23. The third-order valence-corrected chi connectivity index (χ3v) is 8.63. The number of carbonyl (C=O) groups excluding carboxylic acids is 3. The van der Waals surface area contributed by atoms with Gasteiger partial charge in [-0.15, -0.1) is 0 Å². The van der Waals surface area contributed by atoms with Gasteiger partial charge < -0.3 is 4.74 Å². The average Bonchev–Trinajstić information content (AvgIpc) is 3.00. The van der Waals surface area contributed by atoms with E-state index in [-0.39, 0.29) is 35.1 Å². The lowest BCUT2D eigenvalue weighted by atomic mass is 9.48. The maximum atomic E-state index is 12.9. The van der Waals surface area contributed by atoms with Gasteiger partial charge >= 0.3 is 5.97 Å². The van der Waals surface area contributed by atoms with Gasteiger partial charge in [-0.05, 0) is 75.9 Å². The fraction of sp³-hybridized carbons (Fsp3) is 0.720. The molecule has 0 radical (unpaired) electrons. The van der Waals surface area contributed by atoms with Gasteiger partial charge in [-0.1, -0.05) is 25.0 Å². The Hall–Kier alpha value is -1.71. The quantitative estimate of drug-likeness (QED) is 0.637. The molecule has 0 N–H and O–H groups in total. The number of ketones is 2. The van der Waals surface area contributed by atoms with Crippen LogP contribution in [0.15, 0.2) is 23.3 Å². The second-order valence-corrected chi connectivity index (χ2v) is 9.95. The normalized spacial score (nSPS) is 39.7.